The Kier molecular flexibility index (Phi) is 9.10. The zero-order valence-corrected chi connectivity index (χ0v) is 29.1. The number of anilines is 1. The van der Waals surface area contributed by atoms with Crippen LogP contribution in [-0.4, -0.2) is 39.5 Å². The Balaban J connectivity index is 1.10. The molecule has 4 atom stereocenters. The third-order valence-corrected chi connectivity index (χ3v) is 12.2. The highest BCUT2D eigenvalue weighted by molar-refractivity contribution is 6.35. The summed E-state index contributed by atoms with van der Waals surface area (Å²) < 4.78 is 1.66. The molecule has 4 fully saturated rings. The minimum Gasteiger partial charge on any atom is -0.343 e. The van der Waals surface area contributed by atoms with Crippen LogP contribution in [0.25, 0.3) is 10.9 Å². The van der Waals surface area contributed by atoms with E-state index in [4.69, 9.17) is 33.2 Å². The molecule has 1 aliphatic heterocycles. The molecule has 3 aromatic carbocycles. The van der Waals surface area contributed by atoms with E-state index >= 15 is 0 Å². The molecule has 2 bridgehead atoms. The molecule has 2 heterocycles. The Labute approximate surface area is 288 Å². The molecular formula is C39H45Cl2N5O. The summed E-state index contributed by atoms with van der Waals surface area (Å²) in [6, 6.07) is 22.5. The number of aryl methyl sites for hydroxylation is 2. The average molecular weight is 671 g/mol. The van der Waals surface area contributed by atoms with Crippen molar-refractivity contribution < 1.29 is 0 Å². The van der Waals surface area contributed by atoms with Crippen molar-refractivity contribution in [1.29, 1.82) is 0 Å². The van der Waals surface area contributed by atoms with Crippen molar-refractivity contribution in [2.45, 2.75) is 71.9 Å². The lowest BCUT2D eigenvalue weighted by Crippen LogP contribution is -2.56. The summed E-state index contributed by atoms with van der Waals surface area (Å²) in [7, 11) is 0. The number of halogens is 2. The fourth-order valence-electron chi connectivity index (χ4n) is 8.43. The molecule has 1 aromatic heterocycles. The van der Waals surface area contributed by atoms with Crippen LogP contribution >= 0.6 is 23.2 Å². The van der Waals surface area contributed by atoms with Crippen LogP contribution in [0.1, 0.15) is 57.6 Å². The van der Waals surface area contributed by atoms with Crippen LogP contribution in [0.5, 0.6) is 0 Å². The Hall–Kier alpha value is -3.35. The molecule has 0 amide bonds. The van der Waals surface area contributed by atoms with Gasteiger partial charge in [0.05, 0.1) is 23.3 Å². The van der Waals surface area contributed by atoms with E-state index in [2.05, 4.69) is 61.3 Å². The number of aliphatic imine (C=N–C) groups is 1. The van der Waals surface area contributed by atoms with Gasteiger partial charge in [0.2, 0.25) is 0 Å². The van der Waals surface area contributed by atoms with Crippen molar-refractivity contribution in [1.82, 2.24) is 14.5 Å². The second kappa shape index (κ2) is 13.3. The first-order valence-corrected chi connectivity index (χ1v) is 18.0. The number of nitrogens with zero attached hydrogens (tertiary/aromatic N) is 4. The van der Waals surface area contributed by atoms with Crippen LogP contribution in [-0.2, 0) is 19.4 Å². The third-order valence-electron chi connectivity index (χ3n) is 11.6. The highest BCUT2D eigenvalue weighted by Gasteiger charge is 2.56. The predicted octanol–water partition coefficient (Wildman–Crippen LogP) is 8.74. The molecule has 0 spiro atoms. The highest BCUT2D eigenvalue weighted by atomic mass is 35.5. The maximum Gasteiger partial charge on any atom is 0.261 e. The van der Waals surface area contributed by atoms with Crippen LogP contribution in [0, 0.1) is 29.1 Å². The summed E-state index contributed by atoms with van der Waals surface area (Å²) in [6.45, 7) is 9.75. The van der Waals surface area contributed by atoms with E-state index in [1.807, 2.05) is 30.3 Å². The van der Waals surface area contributed by atoms with Crippen LogP contribution in [0.4, 0.5) is 5.69 Å². The van der Waals surface area contributed by atoms with Crippen molar-refractivity contribution in [2.75, 3.05) is 18.4 Å². The first kappa shape index (κ1) is 32.2. The summed E-state index contributed by atoms with van der Waals surface area (Å²) in [5.74, 6) is 3.68. The number of guanidine groups is 1. The van der Waals surface area contributed by atoms with E-state index in [0.29, 0.717) is 57.2 Å². The van der Waals surface area contributed by atoms with Gasteiger partial charge in [0.15, 0.2) is 5.96 Å². The molecule has 0 unspecified atom stereocenters. The summed E-state index contributed by atoms with van der Waals surface area (Å²) in [5.41, 5.74) is 4.33. The zero-order valence-electron chi connectivity index (χ0n) is 27.6. The smallest absolute Gasteiger partial charge is 0.261 e. The minimum atomic E-state index is -0.0566. The summed E-state index contributed by atoms with van der Waals surface area (Å²) in [6.07, 6.45) is 8.18. The number of benzene rings is 3. The van der Waals surface area contributed by atoms with Gasteiger partial charge in [-0.25, -0.2) is 9.98 Å². The zero-order chi connectivity index (χ0) is 32.7. The van der Waals surface area contributed by atoms with Crippen LogP contribution in [0.3, 0.4) is 0 Å². The molecule has 8 heteroatoms. The van der Waals surface area contributed by atoms with Gasteiger partial charge in [-0.2, -0.15) is 0 Å². The topological polar surface area (TPSA) is 62.5 Å². The van der Waals surface area contributed by atoms with Gasteiger partial charge in [-0.3, -0.25) is 9.36 Å². The van der Waals surface area contributed by atoms with Gasteiger partial charge in [0, 0.05) is 35.4 Å². The number of aromatic nitrogens is 2. The van der Waals surface area contributed by atoms with Gasteiger partial charge in [0.1, 0.15) is 0 Å². The van der Waals surface area contributed by atoms with E-state index in [1.54, 1.807) is 17.0 Å². The second-order valence-electron chi connectivity index (χ2n) is 14.7. The van der Waals surface area contributed by atoms with E-state index in [1.165, 1.54) is 12.0 Å². The molecule has 47 heavy (non-hydrogen) atoms. The van der Waals surface area contributed by atoms with E-state index in [9.17, 15) is 4.79 Å². The van der Waals surface area contributed by atoms with Crippen molar-refractivity contribution >= 4 is 45.8 Å². The third kappa shape index (κ3) is 6.69. The summed E-state index contributed by atoms with van der Waals surface area (Å²) >= 11 is 12.4. The molecule has 4 aromatic rings. The van der Waals surface area contributed by atoms with Crippen LogP contribution in [0.15, 0.2) is 82.8 Å². The normalized spacial score (nSPS) is 24.3. The van der Waals surface area contributed by atoms with Crippen LogP contribution in [0.2, 0.25) is 10.0 Å². The first-order valence-electron chi connectivity index (χ1n) is 17.2. The maximum absolute atomic E-state index is 13.4. The molecule has 1 N–H and O–H groups in total. The van der Waals surface area contributed by atoms with Gasteiger partial charge in [-0.1, -0.05) is 80.4 Å². The van der Waals surface area contributed by atoms with Crippen molar-refractivity contribution in [3.05, 3.63) is 105 Å². The number of hydrogen-bond acceptors (Lipinski definition) is 3. The lowest BCUT2D eigenvalue weighted by atomic mass is 9.45. The number of likely N-dealkylation sites (tertiary alicyclic amines) is 1. The predicted molar refractivity (Wildman–Crippen MR) is 195 cm³/mol. The number of fused-ring (bicyclic) bond motifs is 3. The Bertz CT molecular complexity index is 1830. The number of hydrogen-bond donors (Lipinski definition) is 1. The molecule has 246 valence electrons. The van der Waals surface area contributed by atoms with Gasteiger partial charge in [-0.15, -0.1) is 0 Å². The Morgan fingerprint density at radius 1 is 1.02 bits per heavy atom. The van der Waals surface area contributed by atoms with Gasteiger partial charge in [0.25, 0.3) is 5.56 Å². The highest BCUT2D eigenvalue weighted by Crippen LogP contribution is 2.61. The van der Waals surface area contributed by atoms with E-state index in [-0.39, 0.29) is 5.56 Å². The summed E-state index contributed by atoms with van der Waals surface area (Å²) in [5, 5.41) is 5.52. The van der Waals surface area contributed by atoms with Gasteiger partial charge >= 0.3 is 0 Å². The quantitative estimate of drug-likeness (QED) is 0.158. The van der Waals surface area contributed by atoms with Crippen molar-refractivity contribution in [2.24, 2.45) is 34.1 Å². The Morgan fingerprint density at radius 3 is 2.53 bits per heavy atom. The Morgan fingerprint density at radius 2 is 1.81 bits per heavy atom. The fraction of sp³-hybridized carbons (Fsp3) is 0.462. The van der Waals surface area contributed by atoms with E-state index in [0.717, 1.165) is 67.8 Å². The molecular weight excluding hydrogens is 625 g/mol. The minimum absolute atomic E-state index is 0.0566. The SMILES string of the molecule is C[C@H]1[C@@H](N=C(Nc2ccc3c(=O)n(CCc4ccc(Cl)cc4Cl)cnc3c2)N2CCC(Cc3ccccc3)CC2)C[C@H]2C[C@H]1C2(C)C. The fourth-order valence-corrected chi connectivity index (χ4v) is 8.93. The maximum atomic E-state index is 13.4. The summed E-state index contributed by atoms with van der Waals surface area (Å²) in [4.78, 5) is 26.1. The van der Waals surface area contributed by atoms with Gasteiger partial charge < -0.3 is 10.2 Å². The molecule has 4 aliphatic rings. The molecule has 3 aliphatic carbocycles. The molecule has 3 saturated carbocycles. The second-order valence-corrected chi connectivity index (χ2v) is 15.5. The van der Waals surface area contributed by atoms with Crippen molar-refractivity contribution in [3.63, 3.8) is 0 Å². The number of piperidine rings is 1. The number of rotatable bonds is 7. The molecule has 8 rings (SSSR count). The lowest BCUT2D eigenvalue weighted by Gasteiger charge is -2.61. The molecule has 6 nitrogen and oxygen atoms in total. The van der Waals surface area contributed by atoms with Gasteiger partial charge in [-0.05, 0) is 109 Å². The van der Waals surface area contributed by atoms with Crippen LogP contribution < -0.4 is 10.9 Å². The standard InChI is InChI=1S/C39H45Cl2N5O/c1-25-33-20-29(39(33,2)3)21-35(25)44-38(45-16-13-27(14-17-45)19-26-7-5-4-6-8-26)43-31-11-12-32-36(23-31)42-24-46(37(32)47)18-15-28-9-10-30(40)22-34(28)41/h4-12,22-25,27,29,33,35H,13-21H2,1-3H3,(H,43,44)/t25-,29-,33-,35+/m1/s1. The average Bonchev–Trinajstić information content (AvgIpc) is 3.06. The largest absolute Gasteiger partial charge is 0.343 e. The lowest BCUT2D eigenvalue weighted by molar-refractivity contribution is -0.108. The molecule has 0 radical (unpaired) electrons. The van der Waals surface area contributed by atoms with E-state index < -0.39 is 0 Å². The van der Waals surface area contributed by atoms with Crippen molar-refractivity contribution in [3.8, 4) is 0 Å². The first-order chi connectivity index (χ1) is 22.7. The number of nitrogens with one attached hydrogen (secondary N) is 1. The molecule has 1 saturated heterocycles. The monoisotopic (exact) mass is 669 g/mol.